The molecule has 0 saturated heterocycles. The van der Waals surface area contributed by atoms with Gasteiger partial charge in [0.05, 0.1) is 10.8 Å². The molecule has 2 aliphatic carbocycles. The molecule has 0 aliphatic heterocycles. The molecule has 0 spiro atoms. The topological polar surface area (TPSA) is 0 Å². The SMILES string of the molecule is CCCCCCCCCCCCc1cc(-c2cc(CCCCCCCCCCCC)c(-c3cc4c(s3)-c3cc5c(cc3C4(c3ccc(C)cc3)c3ccc(C)cc3)C(c3ccc(C)cc3)(c3ccc(C)cc3)c3cc(C)sc3-5)s2)sc1C.PP(P)P(P)P(P)P. The van der Waals surface area contributed by atoms with E-state index in [1.165, 1.54) is 252 Å². The third-order valence-electron chi connectivity index (χ3n) is 19.2. The maximum absolute atomic E-state index is 2.93. The van der Waals surface area contributed by atoms with Gasteiger partial charge in [-0.05, 0) is 185 Å². The molecule has 5 aromatic carbocycles. The Morgan fingerprint density at radius 1 is 0.322 bits per heavy atom. The predicted octanol–water partition coefficient (Wildman–Crippen LogP) is 29.0. The summed E-state index contributed by atoms with van der Waals surface area (Å²) in [6, 6.07) is 54.1. The summed E-state index contributed by atoms with van der Waals surface area (Å²) in [5, 5.41) is 0. The van der Waals surface area contributed by atoms with Crippen molar-refractivity contribution in [2.24, 2.45) is 0 Å². The standard InChI is InChI=1S/C78H90S4.H10P8/c1-9-11-13-15-17-19-21-23-25-27-29-59-48-71(80-58(59)8)72-49-60(30-28-26-24-22-20-18-16-14-12-10-2)74(81-72)73-52-70-76(82-73)66-50-65-67(51-68(66)78(70,63-43-35-55(5)36-44-63)64-45-37-56(6)38-46-64)77(61-39-31-53(3)32-40-61,62-41-33-54(4)34-42-62)69-47-57(7)79-75(65)69;1-6(2)8(5)7(3)4/h31-52H,9-30H2,1-8H3;1-5H2. The molecule has 476 valence electrons. The Morgan fingerprint density at radius 2 is 0.667 bits per heavy atom. The number of benzene rings is 5. The molecule has 9 aromatic rings. The summed E-state index contributed by atoms with van der Waals surface area (Å²) >= 11 is 8.18. The van der Waals surface area contributed by atoms with Gasteiger partial charge < -0.3 is 0 Å². The number of hydrogen-bond donors (Lipinski definition) is 0. The number of rotatable bonds is 30. The lowest BCUT2D eigenvalue weighted by atomic mass is 9.64. The summed E-state index contributed by atoms with van der Waals surface area (Å²) in [6.45, 7) is 18.8. The summed E-state index contributed by atoms with van der Waals surface area (Å²) in [5.74, 6) is 0. The minimum atomic E-state index is -0.542. The van der Waals surface area contributed by atoms with Crippen molar-refractivity contribution in [1.29, 1.82) is 0 Å². The summed E-state index contributed by atoms with van der Waals surface area (Å²) in [5.41, 5.74) is 21.0. The molecule has 0 N–H and O–H groups in total. The van der Waals surface area contributed by atoms with Crippen LogP contribution in [0.5, 0.6) is 0 Å². The quantitative estimate of drug-likeness (QED) is 0.0311. The molecular weight excluding hydrogens is 1310 g/mol. The van der Waals surface area contributed by atoms with Crippen molar-refractivity contribution < 1.29 is 0 Å². The molecule has 12 heteroatoms. The van der Waals surface area contributed by atoms with Gasteiger partial charge in [0, 0.05) is 39.0 Å². The monoisotopic (exact) mass is 1410 g/mol. The maximum atomic E-state index is 2.93. The van der Waals surface area contributed by atoms with E-state index in [0.29, 0.717) is 0 Å². The van der Waals surface area contributed by atoms with E-state index in [1.54, 1.807) is 11.1 Å². The first kappa shape index (κ1) is 71.1. The zero-order valence-electron chi connectivity index (χ0n) is 55.1. The second kappa shape index (κ2) is 33.5. The van der Waals surface area contributed by atoms with Crippen LogP contribution < -0.4 is 0 Å². The molecule has 2 aliphatic rings. The zero-order valence-corrected chi connectivity index (χ0v) is 66.8. The molecule has 0 nitrogen and oxygen atoms in total. The molecule has 5 atom stereocenters. The van der Waals surface area contributed by atoms with Crippen molar-refractivity contribution in [2.45, 2.75) is 207 Å². The fourth-order valence-corrected chi connectivity index (χ4v) is 47.9. The van der Waals surface area contributed by atoms with Crippen molar-refractivity contribution in [3.05, 3.63) is 221 Å². The van der Waals surface area contributed by atoms with Crippen LogP contribution in [-0.2, 0) is 23.7 Å². The maximum Gasteiger partial charge on any atom is 0.0722 e. The van der Waals surface area contributed by atoms with Crippen LogP contribution in [0, 0.1) is 41.5 Å². The van der Waals surface area contributed by atoms with Crippen LogP contribution >= 0.6 is 111 Å². The van der Waals surface area contributed by atoms with Gasteiger partial charge in [-0.2, -0.15) is 0 Å². The minimum Gasteiger partial charge on any atom is -0.140 e. The van der Waals surface area contributed by atoms with Gasteiger partial charge in [-0.1, -0.05) is 255 Å². The number of unbranched alkanes of at least 4 members (excludes halogenated alkanes) is 18. The molecule has 11 rings (SSSR count). The normalized spacial score (nSPS) is 13.5. The van der Waals surface area contributed by atoms with Gasteiger partial charge in [0.25, 0.3) is 0 Å². The lowest BCUT2D eigenvalue weighted by Gasteiger charge is -2.37. The van der Waals surface area contributed by atoms with E-state index in [0.717, 1.165) is 6.42 Å². The summed E-state index contributed by atoms with van der Waals surface area (Å²) in [7, 11) is 14.4. The van der Waals surface area contributed by atoms with Gasteiger partial charge >= 0.3 is 0 Å². The van der Waals surface area contributed by atoms with E-state index >= 15 is 0 Å². The Kier molecular flexibility index (Phi) is 26.5. The Morgan fingerprint density at radius 3 is 1.07 bits per heavy atom. The highest BCUT2D eigenvalue weighted by Crippen LogP contribution is 3.00. The average Bonchev–Trinajstić information content (AvgIpc) is 1.51. The molecule has 0 fully saturated rings. The summed E-state index contributed by atoms with van der Waals surface area (Å²) < 4.78 is 0. The predicted molar refractivity (Wildman–Crippen MR) is 432 cm³/mol. The first-order valence-corrected chi connectivity index (χ1v) is 50.5. The zero-order chi connectivity index (χ0) is 63.5. The second-order valence-corrected chi connectivity index (χ2v) is 58.7. The molecule has 4 heterocycles. The first-order chi connectivity index (χ1) is 43.6. The molecular formula is C78H100P8S4. The van der Waals surface area contributed by atoms with Gasteiger partial charge in [-0.3, -0.25) is 0 Å². The van der Waals surface area contributed by atoms with Crippen LogP contribution in [0.1, 0.15) is 230 Å². The van der Waals surface area contributed by atoms with E-state index < -0.39 is 10.8 Å². The summed E-state index contributed by atoms with van der Waals surface area (Å²) in [6.07, 6.45) is 29.7. The van der Waals surface area contributed by atoms with Gasteiger partial charge in [0.2, 0.25) is 0 Å². The van der Waals surface area contributed by atoms with Crippen LogP contribution in [0.25, 0.3) is 40.4 Å². The summed E-state index contributed by atoms with van der Waals surface area (Å²) in [4.78, 5) is 11.6. The van der Waals surface area contributed by atoms with Gasteiger partial charge in [0.1, 0.15) is 0 Å². The number of aryl methyl sites for hydroxylation is 8. The largest absolute Gasteiger partial charge is 0.140 e. The lowest BCUT2D eigenvalue weighted by molar-refractivity contribution is 0.556. The highest BCUT2D eigenvalue weighted by molar-refractivity contribution is 9.06. The smallest absolute Gasteiger partial charge is 0.0722 e. The molecule has 90 heavy (non-hydrogen) atoms. The third kappa shape index (κ3) is 16.0. The van der Waals surface area contributed by atoms with Crippen LogP contribution in [0.3, 0.4) is 0 Å². The number of fused-ring (bicyclic) bond motifs is 6. The van der Waals surface area contributed by atoms with Crippen molar-refractivity contribution in [3.63, 3.8) is 0 Å². The lowest BCUT2D eigenvalue weighted by Crippen LogP contribution is -2.31. The van der Waals surface area contributed by atoms with Crippen LogP contribution in [0.4, 0.5) is 0 Å². The Hall–Kier alpha value is -1.66. The van der Waals surface area contributed by atoms with Crippen molar-refractivity contribution >= 4 is 111 Å². The van der Waals surface area contributed by atoms with E-state index in [-0.39, 0.29) is 21.0 Å². The third-order valence-corrected chi connectivity index (χ3v) is 61.9. The van der Waals surface area contributed by atoms with E-state index in [4.69, 9.17) is 0 Å². The van der Waals surface area contributed by atoms with Crippen LogP contribution in [-0.4, -0.2) is 0 Å². The van der Waals surface area contributed by atoms with Crippen molar-refractivity contribution in [2.75, 3.05) is 0 Å². The Labute approximate surface area is 575 Å². The Bertz CT molecular complexity index is 3650. The van der Waals surface area contributed by atoms with Crippen LogP contribution in [0.2, 0.25) is 0 Å². The number of thiophene rings is 4. The molecule has 5 unspecified atom stereocenters. The van der Waals surface area contributed by atoms with E-state index in [1.807, 2.05) is 22.7 Å². The fourth-order valence-electron chi connectivity index (χ4n) is 14.2. The van der Waals surface area contributed by atoms with Crippen molar-refractivity contribution in [3.8, 4) is 40.4 Å². The highest BCUT2D eigenvalue weighted by atomic mass is 33.1. The van der Waals surface area contributed by atoms with Crippen LogP contribution in [0.15, 0.2) is 133 Å². The van der Waals surface area contributed by atoms with Gasteiger partial charge in [-0.15, -0.1) is 90.0 Å². The average molecular weight is 1410 g/mol. The molecule has 0 amide bonds. The fraction of sp³-hybridized carbons (Fsp3) is 0.410. The first-order valence-electron chi connectivity index (χ1n) is 33.7. The highest BCUT2D eigenvalue weighted by Gasteiger charge is 2.53. The molecule has 0 radical (unpaired) electrons. The van der Waals surface area contributed by atoms with Crippen molar-refractivity contribution in [1.82, 2.24) is 0 Å². The van der Waals surface area contributed by atoms with Gasteiger partial charge in [0.15, 0.2) is 0 Å². The van der Waals surface area contributed by atoms with E-state index in [9.17, 15) is 0 Å². The molecule has 0 bridgehead atoms. The Balaban J connectivity index is 0.00000104. The van der Waals surface area contributed by atoms with E-state index in [2.05, 4.69) is 256 Å². The molecule has 4 aromatic heterocycles. The van der Waals surface area contributed by atoms with Gasteiger partial charge in [-0.25, -0.2) is 0 Å². The molecule has 0 saturated carbocycles. The number of hydrogen-bond acceptors (Lipinski definition) is 4. The minimum absolute atomic E-state index is 0.147. The second-order valence-electron chi connectivity index (χ2n) is 26.0.